The van der Waals surface area contributed by atoms with Crippen LogP contribution in [0.25, 0.3) is 4.72 Å². The van der Waals surface area contributed by atoms with Gasteiger partial charge in [-0.1, -0.05) is 6.07 Å². The number of carbonyl (C=O) groups excluding carboxylic acids is 2. The van der Waals surface area contributed by atoms with Gasteiger partial charge in [0, 0.05) is 33.1 Å². The number of fused-ring (bicyclic) bond motifs is 2. The standard InChI is InChI=1S/C22H29N5O4S.Na/c1-15(28)23-9-10-27(18-13-24-26(2)14-18)32(30,31)25-22(29)12-21-19-7-3-5-16(19)11-17-6-4-8-20(17)21;/h11,13-14H,3-10,12H2,1-2H3,(H2,23,25,28,29);/q;+1/p-1. The zero-order chi connectivity index (χ0) is 22.9. The van der Waals surface area contributed by atoms with Gasteiger partial charge < -0.3 is 14.8 Å². The van der Waals surface area contributed by atoms with Crippen LogP contribution in [-0.4, -0.2) is 43.1 Å². The Balaban J connectivity index is 0.00000306. The zero-order valence-corrected chi connectivity index (χ0v) is 22.2. The molecular formula is C22H28N5NaO4S. The fourth-order valence-corrected chi connectivity index (χ4v) is 5.86. The summed E-state index contributed by atoms with van der Waals surface area (Å²) in [7, 11) is -2.64. The minimum absolute atomic E-state index is 0. The maximum Gasteiger partial charge on any atom is 1.00 e. The molecule has 172 valence electrons. The normalized spacial score (nSPS) is 14.2. The van der Waals surface area contributed by atoms with Crippen molar-refractivity contribution >= 4 is 27.7 Å². The van der Waals surface area contributed by atoms with E-state index >= 15 is 0 Å². The largest absolute Gasteiger partial charge is 1.00 e. The third-order valence-corrected chi connectivity index (χ3v) is 7.47. The van der Waals surface area contributed by atoms with Crippen LogP contribution in [0.3, 0.4) is 0 Å². The molecule has 33 heavy (non-hydrogen) atoms. The van der Waals surface area contributed by atoms with Crippen LogP contribution in [0.5, 0.6) is 0 Å². The summed E-state index contributed by atoms with van der Waals surface area (Å²) < 4.78 is 32.3. The van der Waals surface area contributed by atoms with Crippen LogP contribution in [0.15, 0.2) is 18.5 Å². The van der Waals surface area contributed by atoms with Gasteiger partial charge in [-0.15, -0.1) is 0 Å². The monoisotopic (exact) mass is 481 g/mol. The van der Waals surface area contributed by atoms with E-state index in [1.165, 1.54) is 46.3 Å². The Kier molecular flexibility index (Phi) is 8.26. The first-order valence-electron chi connectivity index (χ1n) is 10.9. The quantitative estimate of drug-likeness (QED) is 0.472. The van der Waals surface area contributed by atoms with Crippen molar-refractivity contribution in [1.29, 1.82) is 0 Å². The number of nitrogens with one attached hydrogen (secondary N) is 1. The van der Waals surface area contributed by atoms with E-state index < -0.39 is 16.1 Å². The first-order chi connectivity index (χ1) is 15.2. The van der Waals surface area contributed by atoms with Gasteiger partial charge in [0.1, 0.15) is 0 Å². The van der Waals surface area contributed by atoms with Gasteiger partial charge in [-0.25, -0.2) is 8.42 Å². The third kappa shape index (κ3) is 5.79. The first kappa shape index (κ1) is 25.7. The molecule has 2 aromatic rings. The molecule has 0 fully saturated rings. The Labute approximate surface area is 216 Å². The maximum absolute atomic E-state index is 13.1. The molecule has 9 nitrogen and oxygen atoms in total. The molecule has 1 heterocycles. The maximum atomic E-state index is 13.1. The van der Waals surface area contributed by atoms with Crippen molar-refractivity contribution in [1.82, 2.24) is 15.1 Å². The molecule has 2 aliphatic carbocycles. The average molecular weight is 482 g/mol. The van der Waals surface area contributed by atoms with Crippen LogP contribution in [0.4, 0.5) is 5.69 Å². The summed E-state index contributed by atoms with van der Waals surface area (Å²) in [6.45, 7) is 1.39. The van der Waals surface area contributed by atoms with E-state index in [0.29, 0.717) is 0 Å². The molecule has 1 N–H and O–H groups in total. The summed E-state index contributed by atoms with van der Waals surface area (Å²) in [4.78, 5) is 24.1. The van der Waals surface area contributed by atoms with Gasteiger partial charge in [0.15, 0.2) is 10.2 Å². The molecule has 1 aromatic heterocycles. The second-order valence-corrected chi connectivity index (χ2v) is 9.92. The number of aryl methyl sites for hydroxylation is 3. The Morgan fingerprint density at radius 1 is 1.15 bits per heavy atom. The van der Waals surface area contributed by atoms with Crippen molar-refractivity contribution in [3.63, 3.8) is 0 Å². The number of hydrogen-bond acceptors (Lipinski definition) is 5. The van der Waals surface area contributed by atoms with Gasteiger partial charge in [0.25, 0.3) is 0 Å². The molecule has 0 spiro atoms. The minimum atomic E-state index is -4.30. The van der Waals surface area contributed by atoms with Crippen LogP contribution in [0.1, 0.15) is 47.6 Å². The van der Waals surface area contributed by atoms with Crippen molar-refractivity contribution in [2.75, 3.05) is 17.4 Å². The summed E-state index contributed by atoms with van der Waals surface area (Å²) in [6.07, 6.45) is 8.92. The number of benzene rings is 1. The molecular weight excluding hydrogens is 453 g/mol. The number of carbonyl (C=O) groups is 2. The average Bonchev–Trinajstić information content (AvgIpc) is 3.44. The van der Waals surface area contributed by atoms with E-state index in [1.54, 1.807) is 7.05 Å². The summed E-state index contributed by atoms with van der Waals surface area (Å²) in [5, 5.41) is 6.59. The molecule has 11 heteroatoms. The summed E-state index contributed by atoms with van der Waals surface area (Å²) in [5.74, 6) is -0.943. The van der Waals surface area contributed by atoms with Gasteiger partial charge in [-0.05, 0) is 66.3 Å². The van der Waals surface area contributed by atoms with Crippen LogP contribution >= 0.6 is 0 Å². The molecule has 0 radical (unpaired) electrons. The van der Waals surface area contributed by atoms with Crippen molar-refractivity contribution in [3.8, 4) is 0 Å². The van der Waals surface area contributed by atoms with Gasteiger partial charge in [0.05, 0.1) is 24.3 Å². The summed E-state index contributed by atoms with van der Waals surface area (Å²) in [5.41, 5.74) is 6.29. The Hall–Kier alpha value is -1.88. The minimum Gasteiger partial charge on any atom is -0.528 e. The van der Waals surface area contributed by atoms with Crippen molar-refractivity contribution < 1.29 is 47.6 Å². The summed E-state index contributed by atoms with van der Waals surface area (Å²) >= 11 is 0. The van der Waals surface area contributed by atoms with Crippen LogP contribution in [0, 0.1) is 0 Å². The predicted molar refractivity (Wildman–Crippen MR) is 121 cm³/mol. The van der Waals surface area contributed by atoms with E-state index in [1.807, 2.05) is 0 Å². The van der Waals surface area contributed by atoms with Gasteiger partial charge in [-0.3, -0.25) is 13.8 Å². The van der Waals surface area contributed by atoms with Gasteiger partial charge in [0.2, 0.25) is 5.91 Å². The second-order valence-electron chi connectivity index (χ2n) is 8.40. The number of nitrogens with zero attached hydrogens (tertiary/aromatic N) is 4. The summed E-state index contributed by atoms with van der Waals surface area (Å²) in [6, 6.07) is 2.28. The van der Waals surface area contributed by atoms with Crippen molar-refractivity contribution in [2.45, 2.75) is 51.9 Å². The fourth-order valence-electron chi connectivity index (χ4n) is 4.76. The molecule has 0 saturated carbocycles. The van der Waals surface area contributed by atoms with Crippen LogP contribution in [-0.2, 0) is 59.0 Å². The number of amides is 2. The van der Waals surface area contributed by atoms with Crippen molar-refractivity contribution in [3.05, 3.63) is 51.0 Å². The first-order valence-corrected chi connectivity index (χ1v) is 12.3. The number of anilines is 1. The van der Waals surface area contributed by atoms with Gasteiger partial charge >= 0.3 is 29.6 Å². The van der Waals surface area contributed by atoms with Crippen molar-refractivity contribution in [2.24, 2.45) is 7.05 Å². The van der Waals surface area contributed by atoms with E-state index in [2.05, 4.69) is 21.2 Å². The van der Waals surface area contributed by atoms with E-state index in [-0.39, 0.29) is 60.7 Å². The SMILES string of the molecule is CC(=O)NCCN(c1cnn(C)c1)S(=O)(=O)[N-]C(=O)Cc1c2c(cc3c1CCC3)CCC2.[Na+]. The van der Waals surface area contributed by atoms with Gasteiger partial charge in [-0.2, -0.15) is 5.10 Å². The smallest absolute Gasteiger partial charge is 0.528 e. The Morgan fingerprint density at radius 3 is 2.33 bits per heavy atom. The molecule has 0 saturated heterocycles. The predicted octanol–water partition coefficient (Wildman–Crippen LogP) is -1.27. The molecule has 2 amide bonds. The van der Waals surface area contributed by atoms with E-state index in [4.69, 9.17) is 0 Å². The van der Waals surface area contributed by atoms with E-state index in [0.717, 1.165) is 48.4 Å². The molecule has 4 rings (SSSR count). The molecule has 0 unspecified atom stereocenters. The number of rotatable bonds is 8. The van der Waals surface area contributed by atoms with Crippen LogP contribution in [0.2, 0.25) is 0 Å². The third-order valence-electron chi connectivity index (χ3n) is 6.09. The number of hydrogen-bond donors (Lipinski definition) is 1. The second kappa shape index (κ2) is 10.6. The number of aromatic nitrogens is 2. The Bertz CT molecular complexity index is 1130. The Morgan fingerprint density at radius 2 is 1.79 bits per heavy atom. The molecule has 0 atom stereocenters. The molecule has 1 aromatic carbocycles. The zero-order valence-electron chi connectivity index (χ0n) is 19.4. The molecule has 2 aliphatic rings. The topological polar surface area (TPSA) is 115 Å². The molecule has 0 bridgehead atoms. The van der Waals surface area contributed by atoms with Crippen LogP contribution < -0.4 is 39.2 Å². The van der Waals surface area contributed by atoms with E-state index in [9.17, 15) is 18.0 Å². The fraction of sp³-hybridized carbons (Fsp3) is 0.500. The molecule has 0 aliphatic heterocycles.